The van der Waals surface area contributed by atoms with E-state index in [-0.39, 0.29) is 0 Å². The average molecular weight is 316 g/mol. The van der Waals surface area contributed by atoms with Crippen molar-refractivity contribution >= 4 is 23.1 Å². The third kappa shape index (κ3) is 2.95. The standard InChI is InChI=1S/C20H20N4/c1-15-6-4-9-17(14-15)22-20-21-12-11-19(23-20)24-13-5-8-16-7-2-3-10-18(16)24/h2-4,6-7,9-12,14H,5,8,13H2,1H3,(H,21,22,23). The normalized spacial score (nSPS) is 13.5. The predicted octanol–water partition coefficient (Wildman–Crippen LogP) is 4.61. The highest BCUT2D eigenvalue weighted by Crippen LogP contribution is 2.32. The minimum atomic E-state index is 0.626. The van der Waals surface area contributed by atoms with E-state index in [1.165, 1.54) is 16.8 Å². The first kappa shape index (κ1) is 14.7. The second-order valence-corrected chi connectivity index (χ2v) is 6.12. The Bertz CT molecular complexity index is 860. The van der Waals surface area contributed by atoms with Crippen LogP contribution in [0.15, 0.2) is 60.8 Å². The summed E-state index contributed by atoms with van der Waals surface area (Å²) in [5.41, 5.74) is 4.85. The van der Waals surface area contributed by atoms with Crippen LogP contribution in [0.2, 0.25) is 0 Å². The molecule has 4 heteroatoms. The largest absolute Gasteiger partial charge is 0.326 e. The van der Waals surface area contributed by atoms with Gasteiger partial charge in [0.05, 0.1) is 0 Å². The van der Waals surface area contributed by atoms with Crippen molar-refractivity contribution in [3.63, 3.8) is 0 Å². The molecule has 0 fully saturated rings. The van der Waals surface area contributed by atoms with Gasteiger partial charge < -0.3 is 10.2 Å². The van der Waals surface area contributed by atoms with Gasteiger partial charge in [-0.15, -0.1) is 0 Å². The lowest BCUT2D eigenvalue weighted by Crippen LogP contribution is -2.25. The number of nitrogens with one attached hydrogen (secondary N) is 1. The zero-order chi connectivity index (χ0) is 16.4. The molecule has 0 amide bonds. The van der Waals surface area contributed by atoms with Crippen LogP contribution in [0.25, 0.3) is 0 Å². The van der Waals surface area contributed by atoms with Gasteiger partial charge in [0, 0.05) is 24.1 Å². The molecule has 3 aromatic rings. The number of para-hydroxylation sites is 1. The highest BCUT2D eigenvalue weighted by molar-refractivity contribution is 5.66. The molecule has 1 N–H and O–H groups in total. The fourth-order valence-electron chi connectivity index (χ4n) is 3.18. The molecule has 2 aromatic carbocycles. The molecule has 4 rings (SSSR count). The van der Waals surface area contributed by atoms with Gasteiger partial charge in [0.2, 0.25) is 5.95 Å². The summed E-state index contributed by atoms with van der Waals surface area (Å²) in [6, 6.07) is 18.8. The Morgan fingerprint density at radius 3 is 2.88 bits per heavy atom. The van der Waals surface area contributed by atoms with Gasteiger partial charge >= 0.3 is 0 Å². The highest BCUT2D eigenvalue weighted by atomic mass is 15.2. The molecule has 1 aromatic heterocycles. The van der Waals surface area contributed by atoms with E-state index >= 15 is 0 Å². The molecule has 0 aliphatic carbocycles. The summed E-state index contributed by atoms with van der Waals surface area (Å²) < 4.78 is 0. The van der Waals surface area contributed by atoms with Gasteiger partial charge in [-0.3, -0.25) is 0 Å². The average Bonchev–Trinajstić information content (AvgIpc) is 2.61. The molecule has 0 saturated heterocycles. The van der Waals surface area contributed by atoms with E-state index in [0.717, 1.165) is 30.9 Å². The summed E-state index contributed by atoms with van der Waals surface area (Å²) in [6.07, 6.45) is 4.09. The number of aryl methyl sites for hydroxylation is 2. The molecular formula is C20H20N4. The van der Waals surface area contributed by atoms with Crippen LogP contribution in [0.4, 0.5) is 23.1 Å². The maximum atomic E-state index is 4.72. The van der Waals surface area contributed by atoms with Gasteiger partial charge in [0.25, 0.3) is 0 Å². The van der Waals surface area contributed by atoms with Crippen molar-refractivity contribution in [2.75, 3.05) is 16.8 Å². The van der Waals surface area contributed by atoms with Crippen molar-refractivity contribution in [2.45, 2.75) is 19.8 Å². The Balaban J connectivity index is 1.64. The van der Waals surface area contributed by atoms with Crippen LogP contribution in [0.5, 0.6) is 0 Å². The number of benzene rings is 2. The highest BCUT2D eigenvalue weighted by Gasteiger charge is 2.19. The second kappa shape index (κ2) is 6.32. The molecule has 120 valence electrons. The Kier molecular flexibility index (Phi) is 3.87. The Morgan fingerprint density at radius 1 is 1.04 bits per heavy atom. The summed E-state index contributed by atoms with van der Waals surface area (Å²) in [7, 11) is 0. The van der Waals surface area contributed by atoms with Gasteiger partial charge in [-0.05, 0) is 55.2 Å². The summed E-state index contributed by atoms with van der Waals surface area (Å²) in [4.78, 5) is 11.4. The molecule has 4 nitrogen and oxygen atoms in total. The van der Waals surface area contributed by atoms with Gasteiger partial charge in [0.15, 0.2) is 0 Å². The lowest BCUT2D eigenvalue weighted by atomic mass is 10.0. The number of rotatable bonds is 3. The lowest BCUT2D eigenvalue weighted by molar-refractivity contribution is 0.759. The molecule has 0 radical (unpaired) electrons. The molecule has 1 aliphatic rings. The number of aromatic nitrogens is 2. The molecule has 1 aliphatic heterocycles. The third-order valence-electron chi connectivity index (χ3n) is 4.30. The monoisotopic (exact) mass is 316 g/mol. The number of nitrogens with zero attached hydrogens (tertiary/aromatic N) is 3. The quantitative estimate of drug-likeness (QED) is 0.766. The van der Waals surface area contributed by atoms with E-state index in [1.54, 1.807) is 0 Å². The summed E-state index contributed by atoms with van der Waals surface area (Å²) >= 11 is 0. The molecule has 0 saturated carbocycles. The molecule has 0 unspecified atom stereocenters. The van der Waals surface area contributed by atoms with Crippen molar-refractivity contribution in [3.05, 3.63) is 71.9 Å². The van der Waals surface area contributed by atoms with Crippen LogP contribution >= 0.6 is 0 Å². The molecule has 24 heavy (non-hydrogen) atoms. The first-order valence-electron chi connectivity index (χ1n) is 8.32. The van der Waals surface area contributed by atoms with E-state index in [1.807, 2.05) is 24.4 Å². The summed E-state index contributed by atoms with van der Waals surface area (Å²) in [5, 5.41) is 3.30. The Labute approximate surface area is 142 Å². The number of hydrogen-bond acceptors (Lipinski definition) is 4. The lowest BCUT2D eigenvalue weighted by Gasteiger charge is -2.30. The summed E-state index contributed by atoms with van der Waals surface area (Å²) in [5.74, 6) is 1.56. The second-order valence-electron chi connectivity index (χ2n) is 6.12. The molecule has 0 atom stereocenters. The maximum absolute atomic E-state index is 4.72. The SMILES string of the molecule is Cc1cccc(Nc2nccc(N3CCCc4ccccc43)n2)c1. The number of hydrogen-bond donors (Lipinski definition) is 1. The Hall–Kier alpha value is -2.88. The van der Waals surface area contributed by atoms with E-state index in [9.17, 15) is 0 Å². The van der Waals surface area contributed by atoms with E-state index in [0.29, 0.717) is 5.95 Å². The fourth-order valence-corrected chi connectivity index (χ4v) is 3.18. The minimum Gasteiger partial charge on any atom is -0.326 e. The zero-order valence-corrected chi connectivity index (χ0v) is 13.7. The molecule has 0 spiro atoms. The van der Waals surface area contributed by atoms with E-state index in [2.05, 4.69) is 58.5 Å². The van der Waals surface area contributed by atoms with Gasteiger partial charge in [0.1, 0.15) is 5.82 Å². The summed E-state index contributed by atoms with van der Waals surface area (Å²) in [6.45, 7) is 3.06. The topological polar surface area (TPSA) is 41.1 Å². The predicted molar refractivity (Wildman–Crippen MR) is 98.3 cm³/mol. The van der Waals surface area contributed by atoms with Crippen LogP contribution in [0.1, 0.15) is 17.5 Å². The Morgan fingerprint density at radius 2 is 1.96 bits per heavy atom. The van der Waals surface area contributed by atoms with Crippen molar-refractivity contribution < 1.29 is 0 Å². The van der Waals surface area contributed by atoms with Crippen molar-refractivity contribution in [1.82, 2.24) is 9.97 Å². The number of fused-ring (bicyclic) bond motifs is 1. The molecule has 0 bridgehead atoms. The van der Waals surface area contributed by atoms with E-state index < -0.39 is 0 Å². The zero-order valence-electron chi connectivity index (χ0n) is 13.7. The smallest absolute Gasteiger partial charge is 0.229 e. The van der Waals surface area contributed by atoms with Crippen LogP contribution in [-0.4, -0.2) is 16.5 Å². The maximum Gasteiger partial charge on any atom is 0.229 e. The minimum absolute atomic E-state index is 0.626. The van der Waals surface area contributed by atoms with Gasteiger partial charge in [-0.2, -0.15) is 4.98 Å². The third-order valence-corrected chi connectivity index (χ3v) is 4.30. The first-order valence-corrected chi connectivity index (χ1v) is 8.32. The van der Waals surface area contributed by atoms with Gasteiger partial charge in [-0.25, -0.2) is 4.98 Å². The van der Waals surface area contributed by atoms with Gasteiger partial charge in [-0.1, -0.05) is 30.3 Å². The molecular weight excluding hydrogens is 296 g/mol. The van der Waals surface area contributed by atoms with Crippen LogP contribution in [0.3, 0.4) is 0 Å². The van der Waals surface area contributed by atoms with Crippen molar-refractivity contribution in [2.24, 2.45) is 0 Å². The van der Waals surface area contributed by atoms with Crippen molar-refractivity contribution in [1.29, 1.82) is 0 Å². The number of anilines is 4. The van der Waals surface area contributed by atoms with E-state index in [4.69, 9.17) is 4.98 Å². The first-order chi connectivity index (χ1) is 11.8. The van der Waals surface area contributed by atoms with Crippen LogP contribution in [-0.2, 0) is 6.42 Å². The molecule has 2 heterocycles. The van der Waals surface area contributed by atoms with Crippen LogP contribution < -0.4 is 10.2 Å². The van der Waals surface area contributed by atoms with Crippen molar-refractivity contribution in [3.8, 4) is 0 Å². The fraction of sp³-hybridized carbons (Fsp3) is 0.200. The van der Waals surface area contributed by atoms with Crippen LogP contribution in [0, 0.1) is 6.92 Å².